The highest BCUT2D eigenvalue weighted by molar-refractivity contribution is 5.87. The second-order valence-corrected chi connectivity index (χ2v) is 6.77. The van der Waals surface area contributed by atoms with Crippen molar-refractivity contribution in [2.45, 2.75) is 19.1 Å². The number of hydrogen-bond donors (Lipinski definition) is 2. The first-order valence-electron chi connectivity index (χ1n) is 9.46. The Morgan fingerprint density at radius 2 is 1.38 bits per heavy atom. The van der Waals surface area contributed by atoms with Gasteiger partial charge in [0.15, 0.2) is 0 Å². The van der Waals surface area contributed by atoms with Crippen LogP contribution in [0.4, 0.5) is 0 Å². The summed E-state index contributed by atoms with van der Waals surface area (Å²) in [4.78, 5) is 23.9. The normalized spacial score (nSPS) is 11.6. The molecule has 3 aromatic rings. The largest absolute Gasteiger partial charge is 0.368 e. The van der Waals surface area contributed by atoms with Gasteiger partial charge in [0.1, 0.15) is 12.6 Å². The van der Waals surface area contributed by atoms with Crippen LogP contribution in [0.15, 0.2) is 84.9 Å². The fraction of sp³-hybridized carbons (Fsp3) is 0.167. The molecule has 0 radical (unpaired) electrons. The Morgan fingerprint density at radius 3 is 2.00 bits per heavy atom. The van der Waals surface area contributed by atoms with Gasteiger partial charge in [-0.25, -0.2) is 0 Å². The van der Waals surface area contributed by atoms with Crippen LogP contribution in [-0.2, 0) is 27.4 Å². The van der Waals surface area contributed by atoms with Crippen molar-refractivity contribution in [1.82, 2.24) is 5.32 Å². The summed E-state index contributed by atoms with van der Waals surface area (Å²) in [5.41, 5.74) is 9.58. The third-order valence-corrected chi connectivity index (χ3v) is 4.52. The number of hydrogen-bond acceptors (Lipinski definition) is 3. The SMILES string of the molecule is NC(=O)[C@H](Cc1ccc(-c2ccccc2)cc1)NC(=O)COCc1ccccc1. The van der Waals surface area contributed by atoms with Crippen LogP contribution in [0.25, 0.3) is 11.1 Å². The highest BCUT2D eigenvalue weighted by Gasteiger charge is 2.18. The van der Waals surface area contributed by atoms with Crippen molar-refractivity contribution in [3.05, 3.63) is 96.1 Å². The highest BCUT2D eigenvalue weighted by atomic mass is 16.5. The summed E-state index contributed by atoms with van der Waals surface area (Å²) in [6.45, 7) is 0.196. The van der Waals surface area contributed by atoms with Gasteiger partial charge in [-0.05, 0) is 22.3 Å². The number of amides is 2. The lowest BCUT2D eigenvalue weighted by atomic mass is 10.0. The van der Waals surface area contributed by atoms with Gasteiger partial charge in [0, 0.05) is 6.42 Å². The van der Waals surface area contributed by atoms with Crippen molar-refractivity contribution in [3.63, 3.8) is 0 Å². The van der Waals surface area contributed by atoms with E-state index in [1.165, 1.54) is 0 Å². The van der Waals surface area contributed by atoms with Gasteiger partial charge in [0.25, 0.3) is 0 Å². The minimum atomic E-state index is -0.787. The maximum atomic E-state index is 12.1. The Kier molecular flexibility index (Phi) is 7.14. The van der Waals surface area contributed by atoms with E-state index in [2.05, 4.69) is 5.32 Å². The fourth-order valence-electron chi connectivity index (χ4n) is 2.99. The number of primary amides is 1. The minimum Gasteiger partial charge on any atom is -0.368 e. The number of carbonyl (C=O) groups excluding carboxylic acids is 2. The minimum absolute atomic E-state index is 0.133. The maximum absolute atomic E-state index is 12.1. The molecule has 5 heteroatoms. The van der Waals surface area contributed by atoms with Crippen molar-refractivity contribution >= 4 is 11.8 Å². The number of benzene rings is 3. The van der Waals surface area contributed by atoms with E-state index in [9.17, 15) is 9.59 Å². The fourth-order valence-corrected chi connectivity index (χ4v) is 2.99. The molecule has 0 unspecified atom stereocenters. The van der Waals surface area contributed by atoms with Crippen molar-refractivity contribution in [2.24, 2.45) is 5.73 Å². The molecule has 0 saturated carbocycles. The summed E-state index contributed by atoms with van der Waals surface area (Å²) >= 11 is 0. The van der Waals surface area contributed by atoms with Crippen LogP contribution in [0.3, 0.4) is 0 Å². The van der Waals surface area contributed by atoms with Crippen molar-refractivity contribution in [3.8, 4) is 11.1 Å². The van der Waals surface area contributed by atoms with Crippen LogP contribution < -0.4 is 11.1 Å². The Morgan fingerprint density at radius 1 is 0.793 bits per heavy atom. The Balaban J connectivity index is 1.53. The van der Waals surface area contributed by atoms with Crippen molar-refractivity contribution < 1.29 is 14.3 Å². The maximum Gasteiger partial charge on any atom is 0.246 e. The third-order valence-electron chi connectivity index (χ3n) is 4.52. The van der Waals surface area contributed by atoms with E-state index in [0.717, 1.165) is 22.3 Å². The van der Waals surface area contributed by atoms with E-state index in [-0.39, 0.29) is 12.5 Å². The Bertz CT molecular complexity index is 925. The number of nitrogens with two attached hydrogens (primary N) is 1. The molecule has 0 fully saturated rings. The van der Waals surface area contributed by atoms with E-state index >= 15 is 0 Å². The predicted molar refractivity (Wildman–Crippen MR) is 113 cm³/mol. The predicted octanol–water partition coefficient (Wildman–Crippen LogP) is 3.08. The number of ether oxygens (including phenoxy) is 1. The first kappa shape index (κ1) is 20.3. The van der Waals surface area contributed by atoms with Crippen LogP contribution in [0.2, 0.25) is 0 Å². The lowest BCUT2D eigenvalue weighted by Gasteiger charge is -2.16. The Hall–Kier alpha value is -3.44. The molecule has 1 atom stereocenters. The van der Waals surface area contributed by atoms with E-state index < -0.39 is 11.9 Å². The zero-order chi connectivity index (χ0) is 20.5. The second-order valence-electron chi connectivity index (χ2n) is 6.77. The average Bonchev–Trinajstić information content (AvgIpc) is 2.75. The summed E-state index contributed by atoms with van der Waals surface area (Å²) in [7, 11) is 0. The zero-order valence-electron chi connectivity index (χ0n) is 16.1. The smallest absolute Gasteiger partial charge is 0.246 e. The molecule has 2 amide bonds. The van der Waals surface area contributed by atoms with E-state index in [0.29, 0.717) is 13.0 Å². The summed E-state index contributed by atoms with van der Waals surface area (Å²) < 4.78 is 5.41. The molecule has 0 aromatic heterocycles. The van der Waals surface area contributed by atoms with Gasteiger partial charge in [-0.2, -0.15) is 0 Å². The topological polar surface area (TPSA) is 81.4 Å². The van der Waals surface area contributed by atoms with Gasteiger partial charge in [-0.1, -0.05) is 84.9 Å². The average molecular weight is 388 g/mol. The highest BCUT2D eigenvalue weighted by Crippen LogP contribution is 2.19. The first-order chi connectivity index (χ1) is 14.1. The molecule has 0 bridgehead atoms. The van der Waals surface area contributed by atoms with Crippen LogP contribution in [-0.4, -0.2) is 24.5 Å². The molecule has 3 N–H and O–H groups in total. The molecule has 0 aliphatic heterocycles. The molecule has 29 heavy (non-hydrogen) atoms. The molecule has 0 aliphatic carbocycles. The van der Waals surface area contributed by atoms with Gasteiger partial charge in [-0.15, -0.1) is 0 Å². The van der Waals surface area contributed by atoms with Crippen LogP contribution in [0.5, 0.6) is 0 Å². The van der Waals surface area contributed by atoms with Gasteiger partial charge in [0.2, 0.25) is 11.8 Å². The number of nitrogens with one attached hydrogen (secondary N) is 1. The van der Waals surface area contributed by atoms with Gasteiger partial charge in [0.05, 0.1) is 6.61 Å². The van der Waals surface area contributed by atoms with Crippen molar-refractivity contribution in [2.75, 3.05) is 6.61 Å². The molecule has 5 nitrogen and oxygen atoms in total. The molecule has 3 rings (SSSR count). The van der Waals surface area contributed by atoms with Crippen molar-refractivity contribution in [1.29, 1.82) is 0 Å². The standard InChI is InChI=1S/C24H24N2O3/c25-24(28)22(26-23(27)17-29-16-19-7-3-1-4-8-19)15-18-11-13-21(14-12-18)20-9-5-2-6-10-20/h1-14,22H,15-17H2,(H2,25,28)(H,26,27)/t22-/m0/s1. The molecule has 3 aromatic carbocycles. The molecule has 0 spiro atoms. The molecular formula is C24H24N2O3. The molecular weight excluding hydrogens is 364 g/mol. The van der Waals surface area contributed by atoms with E-state index in [4.69, 9.17) is 10.5 Å². The third kappa shape index (κ3) is 6.30. The molecule has 0 heterocycles. The number of carbonyl (C=O) groups is 2. The first-order valence-corrected chi connectivity index (χ1v) is 9.46. The second kappa shape index (κ2) is 10.2. The Labute approximate surface area is 170 Å². The van der Waals surface area contributed by atoms with Crippen LogP contribution >= 0.6 is 0 Å². The van der Waals surface area contributed by atoms with Crippen LogP contribution in [0.1, 0.15) is 11.1 Å². The zero-order valence-corrected chi connectivity index (χ0v) is 16.1. The van der Waals surface area contributed by atoms with Crippen LogP contribution in [0, 0.1) is 0 Å². The molecule has 0 aliphatic rings. The summed E-state index contributed by atoms with van der Waals surface area (Å²) in [6.07, 6.45) is 0.328. The van der Waals surface area contributed by atoms with Gasteiger partial charge >= 0.3 is 0 Å². The lowest BCUT2D eigenvalue weighted by molar-refractivity contribution is -0.130. The van der Waals surface area contributed by atoms with E-state index in [1.54, 1.807) is 0 Å². The summed E-state index contributed by atoms with van der Waals surface area (Å²) in [5.74, 6) is -0.945. The lowest BCUT2D eigenvalue weighted by Crippen LogP contribution is -2.47. The van der Waals surface area contributed by atoms with Gasteiger partial charge in [-0.3, -0.25) is 9.59 Å². The molecule has 0 saturated heterocycles. The van der Waals surface area contributed by atoms with Gasteiger partial charge < -0.3 is 15.8 Å². The van der Waals surface area contributed by atoms with E-state index in [1.807, 2.05) is 84.9 Å². The molecule has 148 valence electrons. The quantitative estimate of drug-likeness (QED) is 0.591. The summed E-state index contributed by atoms with van der Waals surface area (Å²) in [6, 6.07) is 26.7. The number of rotatable bonds is 9. The monoisotopic (exact) mass is 388 g/mol. The summed E-state index contributed by atoms with van der Waals surface area (Å²) in [5, 5.41) is 2.66.